The summed E-state index contributed by atoms with van der Waals surface area (Å²) in [6, 6.07) is 12.3. The first-order chi connectivity index (χ1) is 15.9. The molecule has 1 saturated heterocycles. The molecule has 1 N–H and O–H groups in total. The van der Waals surface area contributed by atoms with Gasteiger partial charge in [0, 0.05) is 23.8 Å². The number of amides is 1. The summed E-state index contributed by atoms with van der Waals surface area (Å²) < 4.78 is 2.58. The summed E-state index contributed by atoms with van der Waals surface area (Å²) >= 11 is 3.49. The molecule has 3 aromatic rings. The highest BCUT2D eigenvalue weighted by molar-refractivity contribution is 9.10. The summed E-state index contributed by atoms with van der Waals surface area (Å²) in [7, 11) is 0. The standard InChI is InChI=1S/C25H27BrN4O3/c1-4-28(5-2)13-14-30-22(17-9-8-10-18(26)15-17)20(24(32)25(30)33)23(31)21-16(3)27-19-11-6-7-12-29(19)21/h6-12,15,22,31H,4-5,13-14H2,1-3H3/t22-/m0/s1. The Labute approximate surface area is 201 Å². The number of likely N-dealkylation sites (N-methyl/N-ethyl adjacent to an activating group) is 1. The molecule has 8 heteroatoms. The van der Waals surface area contributed by atoms with E-state index in [1.807, 2.05) is 42.5 Å². The van der Waals surface area contributed by atoms with Crippen molar-refractivity contribution in [2.75, 3.05) is 26.2 Å². The molecule has 1 amide bonds. The number of ketones is 1. The third-order valence-electron chi connectivity index (χ3n) is 6.18. The van der Waals surface area contributed by atoms with Gasteiger partial charge in [-0.3, -0.25) is 14.0 Å². The van der Waals surface area contributed by atoms with Crippen LogP contribution < -0.4 is 0 Å². The van der Waals surface area contributed by atoms with E-state index in [4.69, 9.17) is 0 Å². The molecule has 0 spiro atoms. The molecule has 1 aromatic carbocycles. The number of nitrogens with zero attached hydrogens (tertiary/aromatic N) is 4. The second-order valence-corrected chi connectivity index (χ2v) is 8.96. The first kappa shape index (κ1) is 23.2. The van der Waals surface area contributed by atoms with Gasteiger partial charge in [-0.05, 0) is 49.8 Å². The van der Waals surface area contributed by atoms with Crippen molar-refractivity contribution >= 4 is 39.0 Å². The number of hydrogen-bond acceptors (Lipinski definition) is 5. The first-order valence-corrected chi connectivity index (χ1v) is 11.9. The van der Waals surface area contributed by atoms with Gasteiger partial charge in [0.1, 0.15) is 11.3 Å². The van der Waals surface area contributed by atoms with Crippen LogP contribution in [0.15, 0.2) is 58.7 Å². The molecular weight excluding hydrogens is 484 g/mol. The van der Waals surface area contributed by atoms with E-state index in [1.54, 1.807) is 22.4 Å². The van der Waals surface area contributed by atoms with E-state index in [9.17, 15) is 14.7 Å². The highest BCUT2D eigenvalue weighted by Crippen LogP contribution is 2.40. The molecule has 0 bridgehead atoms. The molecular formula is C25H27BrN4O3. The summed E-state index contributed by atoms with van der Waals surface area (Å²) in [5.41, 5.74) is 2.52. The molecule has 0 saturated carbocycles. The SMILES string of the molecule is CCN(CC)CCN1C(=O)C(=O)C(=C(O)c2c(C)nc3ccccn23)[C@@H]1c1cccc(Br)c1. The zero-order valence-electron chi connectivity index (χ0n) is 19.0. The second kappa shape index (κ2) is 9.49. The van der Waals surface area contributed by atoms with Crippen LogP contribution in [0.2, 0.25) is 0 Å². The number of pyridine rings is 1. The van der Waals surface area contributed by atoms with Gasteiger partial charge in [0.05, 0.1) is 17.3 Å². The number of imidazole rings is 1. The molecule has 1 aliphatic rings. The Bertz CT molecular complexity index is 1250. The van der Waals surface area contributed by atoms with Crippen molar-refractivity contribution in [3.63, 3.8) is 0 Å². The van der Waals surface area contributed by atoms with Gasteiger partial charge in [-0.25, -0.2) is 4.98 Å². The number of hydrogen-bond donors (Lipinski definition) is 1. The van der Waals surface area contributed by atoms with E-state index >= 15 is 0 Å². The van der Waals surface area contributed by atoms with E-state index in [0.717, 1.165) is 23.1 Å². The van der Waals surface area contributed by atoms with Crippen LogP contribution in [0.3, 0.4) is 0 Å². The lowest BCUT2D eigenvalue weighted by atomic mass is 9.96. The number of fused-ring (bicyclic) bond motifs is 1. The zero-order valence-corrected chi connectivity index (χ0v) is 20.5. The monoisotopic (exact) mass is 510 g/mol. The predicted molar refractivity (Wildman–Crippen MR) is 131 cm³/mol. The number of aliphatic hydroxyl groups is 1. The largest absolute Gasteiger partial charge is 0.505 e. The van der Waals surface area contributed by atoms with E-state index in [-0.39, 0.29) is 11.3 Å². The third kappa shape index (κ3) is 4.20. The molecule has 3 heterocycles. The van der Waals surface area contributed by atoms with Gasteiger partial charge in [0.2, 0.25) is 0 Å². The highest BCUT2D eigenvalue weighted by atomic mass is 79.9. The van der Waals surface area contributed by atoms with Crippen molar-refractivity contribution in [2.45, 2.75) is 26.8 Å². The lowest BCUT2D eigenvalue weighted by molar-refractivity contribution is -0.140. The highest BCUT2D eigenvalue weighted by Gasteiger charge is 2.46. The van der Waals surface area contributed by atoms with Crippen molar-refractivity contribution in [1.29, 1.82) is 0 Å². The van der Waals surface area contributed by atoms with Gasteiger partial charge in [0.15, 0.2) is 5.76 Å². The van der Waals surface area contributed by atoms with Gasteiger partial charge >= 0.3 is 0 Å². The van der Waals surface area contributed by atoms with Crippen LogP contribution in [0.25, 0.3) is 11.4 Å². The Morgan fingerprint density at radius 1 is 1.15 bits per heavy atom. The molecule has 2 aromatic heterocycles. The number of carbonyl (C=O) groups excluding carboxylic acids is 2. The number of benzene rings is 1. The molecule has 1 aliphatic heterocycles. The van der Waals surface area contributed by atoms with Crippen molar-refractivity contribution in [2.24, 2.45) is 0 Å². The van der Waals surface area contributed by atoms with Crippen molar-refractivity contribution in [1.82, 2.24) is 19.2 Å². The zero-order chi connectivity index (χ0) is 23.7. The Morgan fingerprint density at radius 3 is 2.61 bits per heavy atom. The number of likely N-dealkylation sites (tertiary alicyclic amines) is 1. The molecule has 1 fully saturated rings. The molecule has 0 radical (unpaired) electrons. The molecule has 1 atom stereocenters. The van der Waals surface area contributed by atoms with Gasteiger partial charge < -0.3 is 14.9 Å². The van der Waals surface area contributed by atoms with E-state index < -0.39 is 17.7 Å². The fourth-order valence-electron chi connectivity index (χ4n) is 4.45. The minimum atomic E-state index is -0.688. The van der Waals surface area contributed by atoms with E-state index in [1.165, 1.54) is 0 Å². The number of rotatable bonds is 7. The Morgan fingerprint density at radius 2 is 1.91 bits per heavy atom. The van der Waals surface area contributed by atoms with Crippen LogP contribution in [-0.4, -0.2) is 62.2 Å². The maximum absolute atomic E-state index is 13.3. The van der Waals surface area contributed by atoms with Gasteiger partial charge in [-0.2, -0.15) is 0 Å². The molecule has 4 rings (SSSR count). The summed E-state index contributed by atoms with van der Waals surface area (Å²) in [5, 5.41) is 11.5. The quantitative estimate of drug-likeness (QED) is 0.293. The van der Waals surface area contributed by atoms with Gasteiger partial charge in [0.25, 0.3) is 11.7 Å². The number of Topliss-reactive ketones (excluding diaryl/α,β-unsaturated/α-hetero) is 1. The average Bonchev–Trinajstić information content (AvgIpc) is 3.27. The van der Waals surface area contributed by atoms with Crippen LogP contribution in [-0.2, 0) is 9.59 Å². The Balaban J connectivity index is 1.88. The number of carbonyl (C=O) groups is 2. The average molecular weight is 511 g/mol. The Hall–Kier alpha value is -2.97. The molecule has 0 unspecified atom stereocenters. The maximum Gasteiger partial charge on any atom is 0.295 e. The normalized spacial score (nSPS) is 18.1. The molecule has 0 aliphatic carbocycles. The lowest BCUT2D eigenvalue weighted by Gasteiger charge is -2.28. The third-order valence-corrected chi connectivity index (χ3v) is 6.68. The lowest BCUT2D eigenvalue weighted by Crippen LogP contribution is -2.38. The van der Waals surface area contributed by atoms with Crippen LogP contribution in [0.5, 0.6) is 0 Å². The van der Waals surface area contributed by atoms with Gasteiger partial charge in [-0.15, -0.1) is 0 Å². The number of aryl methyl sites for hydroxylation is 1. The summed E-state index contributed by atoms with van der Waals surface area (Å²) in [5.74, 6) is -1.48. The topological polar surface area (TPSA) is 78.2 Å². The van der Waals surface area contributed by atoms with Crippen LogP contribution >= 0.6 is 15.9 Å². The van der Waals surface area contributed by atoms with Crippen molar-refractivity contribution < 1.29 is 14.7 Å². The number of aliphatic hydroxyl groups excluding tert-OH is 1. The minimum Gasteiger partial charge on any atom is -0.505 e. The maximum atomic E-state index is 13.3. The van der Waals surface area contributed by atoms with Gasteiger partial charge in [-0.1, -0.05) is 48.0 Å². The molecule has 172 valence electrons. The fourth-order valence-corrected chi connectivity index (χ4v) is 4.87. The first-order valence-electron chi connectivity index (χ1n) is 11.1. The molecule has 33 heavy (non-hydrogen) atoms. The summed E-state index contributed by atoms with van der Waals surface area (Å²) in [6.45, 7) is 8.64. The van der Waals surface area contributed by atoms with Crippen molar-refractivity contribution in [3.8, 4) is 0 Å². The van der Waals surface area contributed by atoms with E-state index in [2.05, 4.69) is 39.7 Å². The van der Waals surface area contributed by atoms with Crippen LogP contribution in [0.1, 0.15) is 36.8 Å². The summed E-state index contributed by atoms with van der Waals surface area (Å²) in [4.78, 5) is 34.7. The van der Waals surface area contributed by atoms with Crippen LogP contribution in [0, 0.1) is 6.92 Å². The smallest absolute Gasteiger partial charge is 0.295 e. The van der Waals surface area contributed by atoms with Crippen molar-refractivity contribution in [3.05, 3.63) is 75.7 Å². The predicted octanol–water partition coefficient (Wildman–Crippen LogP) is 4.17. The van der Waals surface area contributed by atoms with Crippen LogP contribution in [0.4, 0.5) is 0 Å². The number of halogens is 1. The summed E-state index contributed by atoms with van der Waals surface area (Å²) in [6.07, 6.45) is 1.79. The van der Waals surface area contributed by atoms with E-state index in [0.29, 0.717) is 30.1 Å². The minimum absolute atomic E-state index is 0.0893. The molecule has 7 nitrogen and oxygen atoms in total. The second-order valence-electron chi connectivity index (χ2n) is 8.05. The Kier molecular flexibility index (Phi) is 6.67. The fraction of sp³-hybridized carbons (Fsp3) is 0.320. The number of aromatic nitrogens is 2.